The molecule has 0 spiro atoms. The van der Waals surface area contributed by atoms with Crippen molar-refractivity contribution in [1.82, 2.24) is 0 Å². The molecule has 0 bridgehead atoms. The van der Waals surface area contributed by atoms with Gasteiger partial charge in [-0.15, -0.1) is 0 Å². The Kier molecular flexibility index (Phi) is 4.82. The summed E-state index contributed by atoms with van der Waals surface area (Å²) in [5.41, 5.74) is 9.94. The van der Waals surface area contributed by atoms with Crippen molar-refractivity contribution in [2.45, 2.75) is 13.3 Å². The molecule has 0 fully saturated rings. The number of oxime groups is 1. The number of anilines is 1. The maximum atomic E-state index is 8.94. The lowest BCUT2D eigenvalue weighted by Crippen LogP contribution is -2.25. The number of nitrogens with zero attached hydrogens (tertiary/aromatic N) is 2. The van der Waals surface area contributed by atoms with Gasteiger partial charge in [-0.1, -0.05) is 47.6 Å². The summed E-state index contributed by atoms with van der Waals surface area (Å²) in [6.45, 7) is 2.89. The summed E-state index contributed by atoms with van der Waals surface area (Å²) in [7, 11) is 2.03. The van der Waals surface area contributed by atoms with Crippen molar-refractivity contribution in [2.24, 2.45) is 10.9 Å². The van der Waals surface area contributed by atoms with Gasteiger partial charge in [-0.2, -0.15) is 0 Å². The smallest absolute Gasteiger partial charge is 0.172 e. The van der Waals surface area contributed by atoms with Gasteiger partial charge in [0, 0.05) is 19.2 Å². The van der Waals surface area contributed by atoms with Gasteiger partial charge in [0.05, 0.1) is 5.69 Å². The first-order valence-electron chi connectivity index (χ1n) is 6.96. The van der Waals surface area contributed by atoms with Crippen molar-refractivity contribution in [2.75, 3.05) is 18.5 Å². The van der Waals surface area contributed by atoms with Crippen LogP contribution in [0.3, 0.4) is 0 Å². The summed E-state index contributed by atoms with van der Waals surface area (Å²) in [6.07, 6.45) is 0.946. The zero-order valence-corrected chi connectivity index (χ0v) is 12.5. The Bertz CT molecular complexity index is 623. The molecule has 3 N–H and O–H groups in total. The normalized spacial score (nSPS) is 11.4. The first-order valence-corrected chi connectivity index (χ1v) is 6.96. The van der Waals surface area contributed by atoms with Crippen LogP contribution in [0.5, 0.6) is 0 Å². The molecule has 110 valence electrons. The summed E-state index contributed by atoms with van der Waals surface area (Å²) in [5.74, 6) is 0.139. The van der Waals surface area contributed by atoms with E-state index in [1.807, 2.05) is 50.4 Å². The fraction of sp³-hybridized carbons (Fsp3) is 0.235. The Morgan fingerprint density at radius 1 is 1.14 bits per heavy atom. The molecule has 4 heteroatoms. The summed E-state index contributed by atoms with van der Waals surface area (Å²) >= 11 is 0. The predicted molar refractivity (Wildman–Crippen MR) is 87.1 cm³/mol. The minimum Gasteiger partial charge on any atom is -0.409 e. The SMILES string of the molecule is Cc1cccc(/C(N)=N/O)c1N(C)CCc1ccccc1. The van der Waals surface area contributed by atoms with Crippen LogP contribution in [0.1, 0.15) is 16.7 Å². The molecule has 0 aromatic heterocycles. The zero-order chi connectivity index (χ0) is 15.2. The van der Waals surface area contributed by atoms with E-state index in [1.54, 1.807) is 0 Å². The van der Waals surface area contributed by atoms with E-state index in [0.717, 1.165) is 29.8 Å². The van der Waals surface area contributed by atoms with Gasteiger partial charge < -0.3 is 15.8 Å². The van der Waals surface area contributed by atoms with Gasteiger partial charge in [0.15, 0.2) is 5.84 Å². The van der Waals surface area contributed by atoms with Crippen LogP contribution in [0.2, 0.25) is 0 Å². The maximum absolute atomic E-state index is 8.94. The highest BCUT2D eigenvalue weighted by Crippen LogP contribution is 2.24. The molecule has 0 saturated heterocycles. The van der Waals surface area contributed by atoms with E-state index in [0.29, 0.717) is 0 Å². The number of amidine groups is 1. The molecule has 0 unspecified atom stereocenters. The third kappa shape index (κ3) is 3.54. The third-order valence-electron chi connectivity index (χ3n) is 3.58. The molecule has 0 aliphatic carbocycles. The fourth-order valence-corrected chi connectivity index (χ4v) is 2.48. The molecule has 0 atom stereocenters. The number of hydrogen-bond donors (Lipinski definition) is 2. The fourth-order valence-electron chi connectivity index (χ4n) is 2.48. The van der Waals surface area contributed by atoms with E-state index in [-0.39, 0.29) is 5.84 Å². The third-order valence-corrected chi connectivity index (χ3v) is 3.58. The second kappa shape index (κ2) is 6.79. The van der Waals surface area contributed by atoms with Crippen LogP contribution < -0.4 is 10.6 Å². The first-order chi connectivity index (χ1) is 10.1. The lowest BCUT2D eigenvalue weighted by molar-refractivity contribution is 0.318. The van der Waals surface area contributed by atoms with Crippen LogP contribution in [0, 0.1) is 6.92 Å². The van der Waals surface area contributed by atoms with Crippen LogP contribution in [-0.4, -0.2) is 24.6 Å². The lowest BCUT2D eigenvalue weighted by atomic mass is 10.1. The average molecular weight is 283 g/mol. The minimum atomic E-state index is 0.139. The quantitative estimate of drug-likeness (QED) is 0.384. The van der Waals surface area contributed by atoms with Gasteiger partial charge >= 0.3 is 0 Å². The highest BCUT2D eigenvalue weighted by molar-refractivity contribution is 6.02. The van der Waals surface area contributed by atoms with E-state index in [2.05, 4.69) is 22.2 Å². The summed E-state index contributed by atoms with van der Waals surface area (Å²) in [5, 5.41) is 12.1. The van der Waals surface area contributed by atoms with E-state index in [9.17, 15) is 0 Å². The standard InChI is InChI=1S/C17H21N3O/c1-13-7-6-10-15(17(18)19-21)16(13)20(2)12-11-14-8-4-3-5-9-14/h3-10,21H,11-12H2,1-2H3,(H2,18,19). The molecule has 4 nitrogen and oxygen atoms in total. The van der Waals surface area contributed by atoms with E-state index < -0.39 is 0 Å². The van der Waals surface area contributed by atoms with Gasteiger partial charge in [-0.3, -0.25) is 0 Å². The van der Waals surface area contributed by atoms with Crippen molar-refractivity contribution in [3.05, 3.63) is 65.2 Å². The second-order valence-electron chi connectivity index (χ2n) is 5.11. The molecule has 0 heterocycles. The highest BCUT2D eigenvalue weighted by Gasteiger charge is 2.13. The first kappa shape index (κ1) is 14.9. The Morgan fingerprint density at radius 3 is 2.52 bits per heavy atom. The molecular formula is C17H21N3O. The number of likely N-dealkylation sites (N-methyl/N-ethyl adjacent to an activating group) is 1. The highest BCUT2D eigenvalue weighted by atomic mass is 16.4. The topological polar surface area (TPSA) is 61.9 Å². The molecule has 2 aromatic rings. The largest absolute Gasteiger partial charge is 0.409 e. The second-order valence-corrected chi connectivity index (χ2v) is 5.11. The van der Waals surface area contributed by atoms with Crippen molar-refractivity contribution in [1.29, 1.82) is 0 Å². The average Bonchev–Trinajstić information content (AvgIpc) is 2.52. The Morgan fingerprint density at radius 2 is 1.86 bits per heavy atom. The summed E-state index contributed by atoms with van der Waals surface area (Å²) < 4.78 is 0. The molecule has 0 saturated carbocycles. The Balaban J connectivity index is 2.21. The molecule has 0 amide bonds. The van der Waals surface area contributed by atoms with Gasteiger partial charge in [-0.05, 0) is 30.5 Å². The van der Waals surface area contributed by atoms with Gasteiger partial charge in [0.2, 0.25) is 0 Å². The van der Waals surface area contributed by atoms with E-state index >= 15 is 0 Å². The predicted octanol–water partition coefficient (Wildman–Crippen LogP) is 2.77. The van der Waals surface area contributed by atoms with Gasteiger partial charge in [0.25, 0.3) is 0 Å². The summed E-state index contributed by atoms with van der Waals surface area (Å²) in [6, 6.07) is 16.2. The molecule has 2 rings (SSSR count). The van der Waals surface area contributed by atoms with Crippen molar-refractivity contribution in [3.63, 3.8) is 0 Å². The van der Waals surface area contributed by atoms with Crippen molar-refractivity contribution < 1.29 is 5.21 Å². The van der Waals surface area contributed by atoms with E-state index in [1.165, 1.54) is 5.56 Å². The van der Waals surface area contributed by atoms with Crippen LogP contribution in [0.15, 0.2) is 53.7 Å². The maximum Gasteiger partial charge on any atom is 0.172 e. The number of aryl methyl sites for hydroxylation is 1. The number of nitrogens with two attached hydrogens (primary N) is 1. The number of benzene rings is 2. The van der Waals surface area contributed by atoms with Crippen LogP contribution in [-0.2, 0) is 6.42 Å². The number of hydrogen-bond acceptors (Lipinski definition) is 3. The zero-order valence-electron chi connectivity index (χ0n) is 12.5. The van der Waals surface area contributed by atoms with Crippen LogP contribution in [0.4, 0.5) is 5.69 Å². The molecule has 0 aliphatic rings. The Labute approximate surface area is 125 Å². The van der Waals surface area contributed by atoms with Gasteiger partial charge in [0.1, 0.15) is 0 Å². The minimum absolute atomic E-state index is 0.139. The van der Waals surface area contributed by atoms with Crippen LogP contribution >= 0.6 is 0 Å². The van der Waals surface area contributed by atoms with Crippen molar-refractivity contribution in [3.8, 4) is 0 Å². The number of rotatable bonds is 5. The molecular weight excluding hydrogens is 262 g/mol. The van der Waals surface area contributed by atoms with E-state index in [4.69, 9.17) is 10.9 Å². The van der Waals surface area contributed by atoms with Gasteiger partial charge in [-0.25, -0.2) is 0 Å². The lowest BCUT2D eigenvalue weighted by Gasteiger charge is -2.24. The van der Waals surface area contributed by atoms with Crippen molar-refractivity contribution >= 4 is 11.5 Å². The Hall–Kier alpha value is -2.49. The summed E-state index contributed by atoms with van der Waals surface area (Å²) in [4.78, 5) is 2.15. The number of para-hydroxylation sites is 1. The molecule has 0 radical (unpaired) electrons. The van der Waals surface area contributed by atoms with Crippen LogP contribution in [0.25, 0.3) is 0 Å². The molecule has 0 aliphatic heterocycles. The monoisotopic (exact) mass is 283 g/mol. The molecule has 2 aromatic carbocycles. The molecule has 21 heavy (non-hydrogen) atoms.